The molecule has 2 saturated heterocycles. The molecule has 0 bridgehead atoms. The number of ether oxygens (including phenoxy) is 1. The topological polar surface area (TPSA) is 75.9 Å². The third kappa shape index (κ3) is 4.96. The highest BCUT2D eigenvalue weighted by Gasteiger charge is 2.43. The van der Waals surface area contributed by atoms with Gasteiger partial charge in [0.2, 0.25) is 0 Å². The van der Waals surface area contributed by atoms with Crippen LogP contribution in [0.5, 0.6) is 0 Å². The number of likely N-dealkylation sites (tertiary alicyclic amines) is 2. The van der Waals surface area contributed by atoms with Crippen molar-refractivity contribution in [3.05, 3.63) is 77.2 Å². The Labute approximate surface area is 190 Å². The van der Waals surface area contributed by atoms with E-state index >= 15 is 0 Å². The number of carbonyl (C=O) groups excluding carboxylic acids is 2. The average molecular weight is 435 g/mol. The minimum absolute atomic E-state index is 0.0797. The molecule has 0 aromatic heterocycles. The van der Waals surface area contributed by atoms with Crippen molar-refractivity contribution < 1.29 is 14.3 Å². The number of primary amides is 1. The van der Waals surface area contributed by atoms with E-state index in [0.717, 1.165) is 54.9 Å². The molecule has 6 nitrogen and oxygen atoms in total. The van der Waals surface area contributed by atoms with Gasteiger partial charge in [-0.05, 0) is 55.2 Å². The van der Waals surface area contributed by atoms with Crippen LogP contribution < -0.4 is 5.73 Å². The number of hydrogen-bond donors (Lipinski definition) is 1. The van der Waals surface area contributed by atoms with E-state index in [1.165, 1.54) is 0 Å². The molecular formula is C26H32N3O3. The van der Waals surface area contributed by atoms with Crippen LogP contribution in [0.25, 0.3) is 0 Å². The normalized spacial score (nSPS) is 21.4. The van der Waals surface area contributed by atoms with Gasteiger partial charge in [0, 0.05) is 37.8 Å². The fourth-order valence-electron chi connectivity index (χ4n) is 5.17. The lowest BCUT2D eigenvalue weighted by atomic mass is 10.0. The van der Waals surface area contributed by atoms with Gasteiger partial charge < -0.3 is 15.4 Å². The molecule has 2 aliphatic rings. The predicted octanol–water partition coefficient (Wildman–Crippen LogP) is 3.41. The summed E-state index contributed by atoms with van der Waals surface area (Å²) in [6.45, 7) is 7.65. The van der Waals surface area contributed by atoms with Crippen molar-refractivity contribution >= 4 is 12.0 Å². The van der Waals surface area contributed by atoms with Crippen molar-refractivity contribution in [3.63, 3.8) is 0 Å². The van der Waals surface area contributed by atoms with Gasteiger partial charge in [-0.3, -0.25) is 9.69 Å². The summed E-state index contributed by atoms with van der Waals surface area (Å²) in [6, 6.07) is 16.3. The first kappa shape index (κ1) is 22.3. The number of carbonyl (C=O) groups is 2. The van der Waals surface area contributed by atoms with E-state index in [1.54, 1.807) is 0 Å². The fraction of sp³-hybridized carbons (Fsp3) is 0.423. The van der Waals surface area contributed by atoms with Crippen molar-refractivity contribution in [2.24, 2.45) is 17.6 Å². The zero-order chi connectivity index (χ0) is 22.7. The second-order valence-corrected chi connectivity index (χ2v) is 9.09. The molecule has 2 amide bonds. The van der Waals surface area contributed by atoms with Crippen molar-refractivity contribution in [2.75, 3.05) is 32.8 Å². The Morgan fingerprint density at radius 2 is 1.62 bits per heavy atom. The van der Waals surface area contributed by atoms with E-state index in [-0.39, 0.29) is 18.6 Å². The Balaban J connectivity index is 1.38. The molecule has 2 aromatic rings. The van der Waals surface area contributed by atoms with Gasteiger partial charge in [-0.1, -0.05) is 48.5 Å². The molecule has 3 unspecified atom stereocenters. The van der Waals surface area contributed by atoms with Crippen LogP contribution in [0.15, 0.2) is 48.5 Å². The maximum atomic E-state index is 13.2. The summed E-state index contributed by atoms with van der Waals surface area (Å²) in [5.74, 6) is 1.03. The van der Waals surface area contributed by atoms with E-state index in [1.807, 2.05) is 55.1 Å². The summed E-state index contributed by atoms with van der Waals surface area (Å²) in [6.07, 6.45) is 2.22. The molecule has 4 rings (SSSR count). The van der Waals surface area contributed by atoms with Crippen molar-refractivity contribution in [3.8, 4) is 0 Å². The first-order chi connectivity index (χ1) is 15.4. The molecule has 2 N–H and O–H groups in total. The van der Waals surface area contributed by atoms with Crippen molar-refractivity contribution in [1.29, 1.82) is 0 Å². The Hall–Kier alpha value is -2.86. The predicted molar refractivity (Wildman–Crippen MR) is 124 cm³/mol. The molecule has 0 aliphatic carbocycles. The zero-order valence-electron chi connectivity index (χ0n) is 18.9. The maximum absolute atomic E-state index is 13.2. The van der Waals surface area contributed by atoms with E-state index in [9.17, 15) is 9.59 Å². The Kier molecular flexibility index (Phi) is 6.80. The fourth-order valence-corrected chi connectivity index (χ4v) is 5.17. The van der Waals surface area contributed by atoms with Gasteiger partial charge in [-0.2, -0.15) is 0 Å². The minimum Gasteiger partial charge on any atom is -0.448 e. The SMILES string of the molecule is Cc1cccc(C)c1C(=O)N1CC2CN(C(C[CH]c3ccccc3)COC(N)=O)CC2C1. The van der Waals surface area contributed by atoms with Crippen LogP contribution in [0.1, 0.15) is 33.5 Å². The van der Waals surface area contributed by atoms with E-state index in [4.69, 9.17) is 10.5 Å². The summed E-state index contributed by atoms with van der Waals surface area (Å²) in [7, 11) is 0. The molecule has 0 spiro atoms. The number of fused-ring (bicyclic) bond motifs is 1. The van der Waals surface area contributed by atoms with E-state index in [0.29, 0.717) is 11.8 Å². The monoisotopic (exact) mass is 434 g/mol. The highest BCUT2D eigenvalue weighted by atomic mass is 16.5. The second kappa shape index (κ2) is 9.74. The van der Waals surface area contributed by atoms with Crippen LogP contribution in [-0.4, -0.2) is 60.6 Å². The first-order valence-electron chi connectivity index (χ1n) is 11.3. The molecule has 6 heteroatoms. The number of rotatable bonds is 7. The number of hydrogen-bond acceptors (Lipinski definition) is 4. The molecule has 2 heterocycles. The first-order valence-corrected chi connectivity index (χ1v) is 11.3. The van der Waals surface area contributed by atoms with Crippen LogP contribution >= 0.6 is 0 Å². The van der Waals surface area contributed by atoms with Gasteiger partial charge >= 0.3 is 6.09 Å². The Bertz CT molecular complexity index is 928. The Morgan fingerprint density at radius 3 is 2.22 bits per heavy atom. The zero-order valence-corrected chi connectivity index (χ0v) is 18.9. The van der Waals surface area contributed by atoms with E-state index in [2.05, 4.69) is 23.5 Å². The van der Waals surface area contributed by atoms with Crippen LogP contribution in [0, 0.1) is 32.1 Å². The maximum Gasteiger partial charge on any atom is 0.404 e. The van der Waals surface area contributed by atoms with Gasteiger partial charge in [-0.15, -0.1) is 0 Å². The second-order valence-electron chi connectivity index (χ2n) is 9.09. The van der Waals surface area contributed by atoms with Crippen LogP contribution in [-0.2, 0) is 4.74 Å². The molecule has 2 aromatic carbocycles. The average Bonchev–Trinajstić information content (AvgIpc) is 3.33. The quantitative estimate of drug-likeness (QED) is 0.725. The molecule has 0 saturated carbocycles. The third-order valence-electron chi connectivity index (χ3n) is 6.86. The number of benzene rings is 2. The summed E-state index contributed by atoms with van der Waals surface area (Å²) in [5, 5.41) is 0. The van der Waals surface area contributed by atoms with Crippen LogP contribution in [0.2, 0.25) is 0 Å². The molecule has 169 valence electrons. The van der Waals surface area contributed by atoms with Crippen molar-refractivity contribution in [1.82, 2.24) is 9.80 Å². The summed E-state index contributed by atoms with van der Waals surface area (Å²) in [5.41, 5.74) is 9.30. The van der Waals surface area contributed by atoms with Crippen LogP contribution in [0.3, 0.4) is 0 Å². The lowest BCUT2D eigenvalue weighted by molar-refractivity contribution is 0.0746. The lowest BCUT2D eigenvalue weighted by Crippen LogP contribution is -2.41. The van der Waals surface area contributed by atoms with Gasteiger partial charge in [0.15, 0.2) is 0 Å². The van der Waals surface area contributed by atoms with Crippen molar-refractivity contribution in [2.45, 2.75) is 26.3 Å². The van der Waals surface area contributed by atoms with Crippen LogP contribution in [0.4, 0.5) is 4.79 Å². The van der Waals surface area contributed by atoms with Gasteiger partial charge in [-0.25, -0.2) is 4.79 Å². The van der Waals surface area contributed by atoms with E-state index < -0.39 is 6.09 Å². The van der Waals surface area contributed by atoms with Gasteiger partial charge in [0.1, 0.15) is 6.61 Å². The summed E-state index contributed by atoms with van der Waals surface area (Å²) < 4.78 is 5.18. The standard InChI is InChI=1S/C26H32N3O3/c1-18-7-6-8-19(2)24(18)25(30)29-15-21-13-28(14-22(21)16-29)23(17-32-26(27)31)12-11-20-9-4-3-5-10-20/h3-11,21-23H,12-17H2,1-2H3,(H2,27,31). The molecule has 32 heavy (non-hydrogen) atoms. The molecule has 1 radical (unpaired) electrons. The number of nitrogens with zero attached hydrogens (tertiary/aromatic N) is 2. The summed E-state index contributed by atoms with van der Waals surface area (Å²) >= 11 is 0. The van der Waals surface area contributed by atoms with Gasteiger partial charge in [0.25, 0.3) is 5.91 Å². The third-order valence-corrected chi connectivity index (χ3v) is 6.86. The largest absolute Gasteiger partial charge is 0.448 e. The molecule has 2 fully saturated rings. The van der Waals surface area contributed by atoms with Gasteiger partial charge in [0.05, 0.1) is 0 Å². The smallest absolute Gasteiger partial charge is 0.404 e. The molecular weight excluding hydrogens is 402 g/mol. The number of nitrogens with two attached hydrogens (primary N) is 1. The lowest BCUT2D eigenvalue weighted by Gasteiger charge is -2.29. The highest BCUT2D eigenvalue weighted by molar-refractivity contribution is 5.97. The minimum atomic E-state index is -0.737. The summed E-state index contributed by atoms with van der Waals surface area (Å²) in [4.78, 5) is 28.9. The molecule has 3 atom stereocenters. The highest BCUT2D eigenvalue weighted by Crippen LogP contribution is 2.34. The Morgan fingerprint density at radius 1 is 1.00 bits per heavy atom. The number of amides is 2. The molecule has 2 aliphatic heterocycles. The number of aryl methyl sites for hydroxylation is 2.